The van der Waals surface area contributed by atoms with Crippen LogP contribution in [-0.4, -0.2) is 46.0 Å². The maximum Gasteiger partial charge on any atom is 0.387 e. The molecule has 2 aromatic carbocycles. The smallest absolute Gasteiger partial charge is 0.387 e. The lowest BCUT2D eigenvalue weighted by Gasteiger charge is -2.21. The summed E-state index contributed by atoms with van der Waals surface area (Å²) in [5.74, 6) is -0.705. The van der Waals surface area contributed by atoms with Crippen molar-refractivity contribution in [2.24, 2.45) is 5.92 Å². The summed E-state index contributed by atoms with van der Waals surface area (Å²) in [5.41, 5.74) is 0.982. The van der Waals surface area contributed by atoms with Crippen LogP contribution in [0.3, 0.4) is 0 Å². The zero-order chi connectivity index (χ0) is 30.2. The number of carbonyl (C=O) groups excluding carboxylic acids is 2. The molecule has 0 radical (unpaired) electrons. The molecule has 1 atom stereocenters. The van der Waals surface area contributed by atoms with Gasteiger partial charge < -0.3 is 28.4 Å². The van der Waals surface area contributed by atoms with E-state index < -0.39 is 31.3 Å². The third kappa shape index (κ3) is 8.36. The molecule has 1 N–H and O–H groups in total. The lowest BCUT2D eigenvalue weighted by molar-refractivity contribution is -0.377. The Balaban J connectivity index is 1.54. The molecule has 224 valence electrons. The SMILES string of the molecule is COc1ccc(C(=O)OCC(=O)O[C@@H](Cc2c(Cl)c[nH+]cc2Cl)c2ccc(OC(F)F)c(OCC3CC3)c2)cc1OC. The van der Waals surface area contributed by atoms with Gasteiger partial charge in [-0.3, -0.25) is 0 Å². The molecule has 0 unspecified atom stereocenters. The van der Waals surface area contributed by atoms with Crippen molar-refractivity contribution in [3.63, 3.8) is 0 Å². The van der Waals surface area contributed by atoms with E-state index in [4.69, 9.17) is 46.9 Å². The standard InChI is InChI=1S/C29H27Cl2F2NO8/c1-37-22-7-6-18(10-25(22)38-2)28(36)40-15-27(35)41-24(11-19-20(30)12-34-13-21(19)31)17-5-8-23(42-29(32)33)26(9-17)39-14-16-3-4-16/h5-10,12-13,16,24,29H,3-4,11,14-15H2,1-2H3/p+1/t24-/m0/s1. The molecule has 1 fully saturated rings. The molecule has 13 heteroatoms. The molecule has 42 heavy (non-hydrogen) atoms. The topological polar surface area (TPSA) is 104 Å². The van der Waals surface area contributed by atoms with Crippen LogP contribution < -0.4 is 23.9 Å². The van der Waals surface area contributed by atoms with Crippen LogP contribution in [0, 0.1) is 5.92 Å². The van der Waals surface area contributed by atoms with E-state index in [-0.39, 0.29) is 33.5 Å². The number of benzene rings is 2. The van der Waals surface area contributed by atoms with Gasteiger partial charge in [-0.1, -0.05) is 29.3 Å². The van der Waals surface area contributed by atoms with Gasteiger partial charge in [0.05, 0.1) is 26.4 Å². The quantitative estimate of drug-likeness (QED) is 0.204. The monoisotopic (exact) mass is 626 g/mol. The molecule has 1 heterocycles. The van der Waals surface area contributed by atoms with E-state index >= 15 is 0 Å². The summed E-state index contributed by atoms with van der Waals surface area (Å²) < 4.78 is 57.7. The van der Waals surface area contributed by atoms with Crippen LogP contribution in [-0.2, 0) is 20.7 Å². The Morgan fingerprint density at radius 1 is 0.952 bits per heavy atom. The molecule has 4 rings (SSSR count). The number of H-pyrrole nitrogens is 1. The highest BCUT2D eigenvalue weighted by Gasteiger charge is 2.26. The first-order chi connectivity index (χ1) is 20.2. The lowest BCUT2D eigenvalue weighted by Crippen LogP contribution is -2.21. The highest BCUT2D eigenvalue weighted by molar-refractivity contribution is 6.35. The minimum atomic E-state index is -3.06. The van der Waals surface area contributed by atoms with Gasteiger partial charge in [-0.25, -0.2) is 14.6 Å². The van der Waals surface area contributed by atoms with Crippen molar-refractivity contribution in [1.29, 1.82) is 0 Å². The third-order valence-corrected chi connectivity index (χ3v) is 7.00. The first-order valence-corrected chi connectivity index (χ1v) is 13.6. The van der Waals surface area contributed by atoms with Gasteiger partial charge in [0.1, 0.15) is 16.1 Å². The van der Waals surface area contributed by atoms with Crippen molar-refractivity contribution in [2.45, 2.75) is 32.0 Å². The Morgan fingerprint density at radius 3 is 2.29 bits per heavy atom. The van der Waals surface area contributed by atoms with Crippen molar-refractivity contribution in [1.82, 2.24) is 0 Å². The molecular formula is C29H28Cl2F2NO8+. The van der Waals surface area contributed by atoms with Crippen LogP contribution in [0.2, 0.25) is 10.0 Å². The number of pyridine rings is 1. The van der Waals surface area contributed by atoms with E-state index in [1.807, 2.05) is 0 Å². The van der Waals surface area contributed by atoms with Gasteiger partial charge in [-0.15, -0.1) is 0 Å². The molecule has 1 aliphatic rings. The molecule has 0 aliphatic heterocycles. The number of halogens is 4. The van der Waals surface area contributed by atoms with Crippen LogP contribution in [0.15, 0.2) is 48.8 Å². The lowest BCUT2D eigenvalue weighted by atomic mass is 10.0. The van der Waals surface area contributed by atoms with Crippen LogP contribution in [0.4, 0.5) is 8.78 Å². The van der Waals surface area contributed by atoms with Gasteiger partial charge in [-0.05, 0) is 54.7 Å². The maximum absolute atomic E-state index is 13.0. The summed E-state index contributed by atoms with van der Waals surface area (Å²) in [6.45, 7) is -3.46. The van der Waals surface area contributed by atoms with E-state index in [9.17, 15) is 18.4 Å². The second kappa shape index (κ2) is 14.4. The van der Waals surface area contributed by atoms with Crippen LogP contribution >= 0.6 is 23.2 Å². The second-order valence-corrected chi connectivity index (χ2v) is 10.1. The van der Waals surface area contributed by atoms with E-state index in [1.54, 1.807) is 0 Å². The third-order valence-electron chi connectivity index (χ3n) is 6.33. The van der Waals surface area contributed by atoms with Gasteiger partial charge >= 0.3 is 18.6 Å². The normalized spacial score (nSPS) is 13.3. The Bertz CT molecular complexity index is 1400. The number of nitrogens with one attached hydrogen (secondary N) is 1. The minimum Gasteiger partial charge on any atom is -0.493 e. The molecule has 0 amide bonds. The Hall–Kier alpha value is -3.83. The number of methoxy groups -OCH3 is 2. The van der Waals surface area contributed by atoms with E-state index in [0.29, 0.717) is 35.2 Å². The Labute approximate surface area is 250 Å². The molecule has 0 bridgehead atoms. The highest BCUT2D eigenvalue weighted by atomic mass is 35.5. The summed E-state index contributed by atoms with van der Waals surface area (Å²) in [6.07, 6.45) is 3.98. The van der Waals surface area contributed by atoms with Crippen molar-refractivity contribution >= 4 is 35.1 Å². The highest BCUT2D eigenvalue weighted by Crippen LogP contribution is 2.38. The maximum atomic E-state index is 13.0. The summed E-state index contributed by atoms with van der Waals surface area (Å²) in [7, 11) is 2.88. The second-order valence-electron chi connectivity index (χ2n) is 9.30. The van der Waals surface area contributed by atoms with Gasteiger partial charge in [-0.2, -0.15) is 8.78 Å². The molecule has 1 saturated carbocycles. The van der Waals surface area contributed by atoms with Gasteiger partial charge in [0.25, 0.3) is 0 Å². The van der Waals surface area contributed by atoms with Crippen LogP contribution in [0.5, 0.6) is 23.0 Å². The number of aromatic amines is 1. The number of ether oxygens (including phenoxy) is 6. The van der Waals surface area contributed by atoms with Crippen molar-refractivity contribution in [3.05, 3.63) is 75.5 Å². The predicted molar refractivity (Wildman–Crippen MR) is 147 cm³/mol. The number of hydrogen-bond donors (Lipinski definition) is 0. The average molecular weight is 627 g/mol. The molecule has 0 spiro atoms. The number of rotatable bonds is 14. The first kappa shape index (κ1) is 31.1. The van der Waals surface area contributed by atoms with Crippen molar-refractivity contribution < 1.29 is 51.8 Å². The summed E-state index contributed by atoms with van der Waals surface area (Å²) in [4.78, 5) is 28.3. The van der Waals surface area contributed by atoms with Crippen LogP contribution in [0.1, 0.15) is 40.4 Å². The summed E-state index contributed by atoms with van der Waals surface area (Å²) in [6, 6.07) is 8.64. The average Bonchev–Trinajstić information content (AvgIpc) is 3.80. The zero-order valence-corrected chi connectivity index (χ0v) is 24.2. The Kier molecular flexibility index (Phi) is 10.6. The molecule has 1 aromatic heterocycles. The number of carbonyl (C=O) groups is 2. The van der Waals surface area contributed by atoms with Crippen LogP contribution in [0.25, 0.3) is 0 Å². The fourth-order valence-corrected chi connectivity index (χ4v) is 4.50. The van der Waals surface area contributed by atoms with Gasteiger partial charge in [0, 0.05) is 12.0 Å². The number of aromatic nitrogens is 1. The van der Waals surface area contributed by atoms with Crippen molar-refractivity contribution in [2.75, 3.05) is 27.4 Å². The molecule has 3 aromatic rings. The predicted octanol–water partition coefficient (Wildman–Crippen LogP) is 5.90. The fourth-order valence-electron chi connectivity index (χ4n) is 3.97. The number of hydrogen-bond acceptors (Lipinski definition) is 8. The molecular weight excluding hydrogens is 599 g/mol. The summed E-state index contributed by atoms with van der Waals surface area (Å²) in [5, 5.41) is 0.567. The fraction of sp³-hybridized carbons (Fsp3) is 0.345. The Morgan fingerprint density at radius 2 is 1.64 bits per heavy atom. The number of alkyl halides is 2. The molecule has 9 nitrogen and oxygen atoms in total. The first-order valence-electron chi connectivity index (χ1n) is 12.8. The largest absolute Gasteiger partial charge is 0.493 e. The van der Waals surface area contributed by atoms with Gasteiger partial charge in [0.15, 0.2) is 42.0 Å². The van der Waals surface area contributed by atoms with Crippen molar-refractivity contribution in [3.8, 4) is 23.0 Å². The molecule has 0 saturated heterocycles. The minimum absolute atomic E-state index is 0.0127. The van der Waals surface area contributed by atoms with Gasteiger partial charge in [0.2, 0.25) is 0 Å². The van der Waals surface area contributed by atoms with E-state index in [0.717, 1.165) is 12.8 Å². The molecule has 1 aliphatic carbocycles. The zero-order valence-electron chi connectivity index (χ0n) is 22.7. The number of esters is 2. The van der Waals surface area contributed by atoms with E-state index in [1.165, 1.54) is 63.0 Å². The summed E-state index contributed by atoms with van der Waals surface area (Å²) >= 11 is 12.7. The van der Waals surface area contributed by atoms with E-state index in [2.05, 4.69) is 9.72 Å².